The van der Waals surface area contributed by atoms with E-state index in [-0.39, 0.29) is 5.92 Å². The number of ether oxygens (including phenoxy) is 3. The molecule has 3 rings (SSSR count). The molecule has 29 heavy (non-hydrogen) atoms. The van der Waals surface area contributed by atoms with Crippen LogP contribution in [0.1, 0.15) is 28.2 Å². The van der Waals surface area contributed by atoms with Crippen molar-refractivity contribution in [2.24, 2.45) is 0 Å². The van der Waals surface area contributed by atoms with Gasteiger partial charge in [-0.25, -0.2) is 4.98 Å². The van der Waals surface area contributed by atoms with Crippen LogP contribution in [0.2, 0.25) is 10.2 Å². The molecule has 0 radical (unpaired) electrons. The van der Waals surface area contributed by atoms with Gasteiger partial charge in [-0.15, -0.1) is 0 Å². The summed E-state index contributed by atoms with van der Waals surface area (Å²) in [4.78, 5) is 4.35. The number of halogens is 3. The van der Waals surface area contributed by atoms with Crippen molar-refractivity contribution in [2.75, 3.05) is 21.3 Å². The van der Waals surface area contributed by atoms with Crippen LogP contribution in [0, 0.1) is 10.5 Å². The first-order valence-corrected chi connectivity index (χ1v) is 10.6. The molecule has 1 heterocycles. The highest BCUT2D eigenvalue weighted by Crippen LogP contribution is 2.50. The first-order valence-electron chi connectivity index (χ1n) is 8.78. The van der Waals surface area contributed by atoms with Gasteiger partial charge in [-0.05, 0) is 46.7 Å². The van der Waals surface area contributed by atoms with Gasteiger partial charge in [-0.3, -0.25) is 0 Å². The predicted octanol–water partition coefficient (Wildman–Crippen LogP) is 6.51. The number of hydrogen-bond acceptors (Lipinski definition) is 4. The third kappa shape index (κ3) is 4.13. The van der Waals surface area contributed by atoms with E-state index in [2.05, 4.69) is 27.6 Å². The summed E-state index contributed by atoms with van der Waals surface area (Å²) in [5.41, 5.74) is 3.58. The van der Waals surface area contributed by atoms with Crippen LogP contribution in [-0.2, 0) is 0 Å². The van der Waals surface area contributed by atoms with Crippen LogP contribution >= 0.6 is 45.8 Å². The van der Waals surface area contributed by atoms with Crippen LogP contribution < -0.4 is 14.2 Å². The van der Waals surface area contributed by atoms with Gasteiger partial charge >= 0.3 is 0 Å². The Morgan fingerprint density at radius 2 is 1.59 bits per heavy atom. The maximum atomic E-state index is 6.74. The summed E-state index contributed by atoms with van der Waals surface area (Å²) in [6.45, 7) is 2.00. The molecule has 0 saturated heterocycles. The first kappa shape index (κ1) is 22.0. The second kappa shape index (κ2) is 9.41. The summed E-state index contributed by atoms with van der Waals surface area (Å²) >= 11 is 15.5. The van der Waals surface area contributed by atoms with E-state index < -0.39 is 0 Å². The molecular formula is C22H20Cl2INO3. The van der Waals surface area contributed by atoms with Gasteiger partial charge in [0.15, 0.2) is 11.5 Å². The molecule has 7 heteroatoms. The lowest BCUT2D eigenvalue weighted by molar-refractivity contribution is 0.321. The van der Waals surface area contributed by atoms with Crippen molar-refractivity contribution < 1.29 is 14.2 Å². The second-order valence-electron chi connectivity index (χ2n) is 6.34. The van der Waals surface area contributed by atoms with Gasteiger partial charge in [0.1, 0.15) is 5.15 Å². The summed E-state index contributed by atoms with van der Waals surface area (Å²) in [5.74, 6) is 1.37. The Morgan fingerprint density at radius 1 is 0.931 bits per heavy atom. The van der Waals surface area contributed by atoms with Gasteiger partial charge < -0.3 is 14.2 Å². The molecule has 1 atom stereocenters. The van der Waals surface area contributed by atoms with Crippen LogP contribution in [0.4, 0.5) is 0 Å². The zero-order chi connectivity index (χ0) is 21.1. The quantitative estimate of drug-likeness (QED) is 0.262. The largest absolute Gasteiger partial charge is 0.493 e. The molecule has 0 amide bonds. The summed E-state index contributed by atoms with van der Waals surface area (Å²) in [6, 6.07) is 11.9. The van der Waals surface area contributed by atoms with Crippen molar-refractivity contribution in [1.29, 1.82) is 0 Å². The van der Waals surface area contributed by atoms with E-state index in [4.69, 9.17) is 37.4 Å². The Labute approximate surface area is 194 Å². The number of hydrogen-bond donors (Lipinski definition) is 0. The van der Waals surface area contributed by atoms with Crippen molar-refractivity contribution in [2.45, 2.75) is 12.8 Å². The van der Waals surface area contributed by atoms with Gasteiger partial charge in [-0.1, -0.05) is 53.5 Å². The third-order valence-electron chi connectivity index (χ3n) is 4.75. The molecule has 4 nitrogen and oxygen atoms in total. The fourth-order valence-corrected chi connectivity index (χ4v) is 4.47. The van der Waals surface area contributed by atoms with Crippen molar-refractivity contribution in [3.8, 4) is 17.2 Å². The molecule has 1 unspecified atom stereocenters. The summed E-state index contributed by atoms with van der Waals surface area (Å²) in [5, 5.41) is 0.913. The molecule has 0 aliphatic rings. The molecule has 1 aromatic heterocycles. The molecule has 152 valence electrons. The molecule has 2 aromatic carbocycles. The predicted molar refractivity (Wildman–Crippen MR) is 125 cm³/mol. The third-order valence-corrected chi connectivity index (χ3v) is 6.59. The van der Waals surface area contributed by atoms with Crippen LogP contribution in [-0.4, -0.2) is 26.3 Å². The summed E-state index contributed by atoms with van der Waals surface area (Å²) in [6.07, 6.45) is 1.66. The highest BCUT2D eigenvalue weighted by Gasteiger charge is 2.31. The molecule has 3 aromatic rings. The average molecular weight is 544 g/mol. The fourth-order valence-electron chi connectivity index (χ4n) is 3.49. The Kier molecular flexibility index (Phi) is 7.14. The van der Waals surface area contributed by atoms with Crippen LogP contribution in [0.3, 0.4) is 0 Å². The van der Waals surface area contributed by atoms with Crippen molar-refractivity contribution in [3.63, 3.8) is 0 Å². The standard InChI is InChI=1S/C22H20Cl2INO3/c1-12-10-15(27-2)20(28-3)21(29-4)16(12)17(13-8-6-5-7-9-13)18-19(23)14(25)11-26-22(18)24/h5-11,17H,1-4H3. The van der Waals surface area contributed by atoms with Crippen molar-refractivity contribution in [1.82, 2.24) is 4.98 Å². The molecule has 0 saturated carbocycles. The normalized spacial score (nSPS) is 11.8. The van der Waals surface area contributed by atoms with Gasteiger partial charge in [0.2, 0.25) is 5.75 Å². The van der Waals surface area contributed by atoms with E-state index >= 15 is 0 Å². The Balaban J connectivity index is 2.43. The zero-order valence-corrected chi connectivity index (χ0v) is 20.1. The molecular weight excluding hydrogens is 524 g/mol. The van der Waals surface area contributed by atoms with Crippen LogP contribution in [0.25, 0.3) is 0 Å². The molecule has 0 aliphatic carbocycles. The Morgan fingerprint density at radius 3 is 2.17 bits per heavy atom. The number of aryl methyl sites for hydroxylation is 1. The van der Waals surface area contributed by atoms with Crippen molar-refractivity contribution in [3.05, 3.63) is 78.6 Å². The fraction of sp³-hybridized carbons (Fsp3) is 0.227. The minimum atomic E-state index is -0.312. The highest BCUT2D eigenvalue weighted by molar-refractivity contribution is 14.1. The van der Waals surface area contributed by atoms with Crippen molar-refractivity contribution >= 4 is 45.8 Å². The number of methoxy groups -OCH3 is 3. The SMILES string of the molecule is COc1cc(C)c(C(c2ccccc2)c2c(Cl)ncc(I)c2Cl)c(OC)c1OC. The Bertz CT molecular complexity index is 1030. The number of pyridine rings is 1. The van der Waals surface area contributed by atoms with Gasteiger partial charge in [0.05, 0.1) is 29.9 Å². The maximum absolute atomic E-state index is 6.74. The number of benzene rings is 2. The molecule has 0 N–H and O–H groups in total. The Hall–Kier alpha value is -1.70. The van der Waals surface area contributed by atoms with E-state index in [0.717, 1.165) is 25.8 Å². The molecule has 0 bridgehead atoms. The highest BCUT2D eigenvalue weighted by atomic mass is 127. The van der Waals surface area contributed by atoms with E-state index in [1.165, 1.54) is 0 Å². The lowest BCUT2D eigenvalue weighted by Crippen LogP contribution is -2.11. The van der Waals surface area contributed by atoms with E-state index in [9.17, 15) is 0 Å². The molecule has 0 aliphatic heterocycles. The monoisotopic (exact) mass is 543 g/mol. The van der Waals surface area contributed by atoms with Gasteiger partial charge in [-0.2, -0.15) is 0 Å². The van der Waals surface area contributed by atoms with Gasteiger partial charge in [0.25, 0.3) is 0 Å². The summed E-state index contributed by atoms with van der Waals surface area (Å²) < 4.78 is 17.8. The first-order chi connectivity index (χ1) is 13.9. The van der Waals surface area contributed by atoms with E-state index in [0.29, 0.717) is 27.4 Å². The smallest absolute Gasteiger partial charge is 0.203 e. The molecule has 0 spiro atoms. The lowest BCUT2D eigenvalue weighted by Gasteiger charge is -2.26. The summed E-state index contributed by atoms with van der Waals surface area (Å²) in [7, 11) is 4.80. The lowest BCUT2D eigenvalue weighted by atomic mass is 9.82. The molecule has 0 fully saturated rings. The van der Waals surface area contributed by atoms with Crippen LogP contribution in [0.5, 0.6) is 17.2 Å². The topological polar surface area (TPSA) is 40.6 Å². The minimum Gasteiger partial charge on any atom is -0.493 e. The minimum absolute atomic E-state index is 0.312. The van der Waals surface area contributed by atoms with E-state index in [1.807, 2.05) is 43.3 Å². The van der Waals surface area contributed by atoms with Gasteiger partial charge in [0, 0.05) is 23.2 Å². The zero-order valence-electron chi connectivity index (χ0n) is 16.4. The second-order valence-corrected chi connectivity index (χ2v) is 8.24. The van der Waals surface area contributed by atoms with E-state index in [1.54, 1.807) is 27.5 Å². The number of nitrogens with zero attached hydrogens (tertiary/aromatic N) is 1. The number of aromatic nitrogens is 1. The number of rotatable bonds is 6. The maximum Gasteiger partial charge on any atom is 0.203 e. The van der Waals surface area contributed by atoms with Crippen LogP contribution in [0.15, 0.2) is 42.6 Å². The average Bonchev–Trinajstić information content (AvgIpc) is 2.74.